The van der Waals surface area contributed by atoms with Crippen LogP contribution in [0.1, 0.15) is 38.2 Å². The van der Waals surface area contributed by atoms with Gasteiger partial charge in [-0.25, -0.2) is 0 Å². The molecule has 2 heterocycles. The minimum Gasteiger partial charge on any atom is -0.462 e. The lowest BCUT2D eigenvalue weighted by Crippen LogP contribution is -2.46. The van der Waals surface area contributed by atoms with Crippen molar-refractivity contribution in [2.75, 3.05) is 13.7 Å². The highest BCUT2D eigenvalue weighted by Crippen LogP contribution is 2.37. The molecule has 27 heavy (non-hydrogen) atoms. The summed E-state index contributed by atoms with van der Waals surface area (Å²) in [4.78, 5) is 15.1. The molecule has 0 aliphatic carbocycles. The van der Waals surface area contributed by atoms with Gasteiger partial charge in [-0.15, -0.1) is 13.2 Å². The summed E-state index contributed by atoms with van der Waals surface area (Å²) in [7, 11) is 2.09. The highest BCUT2D eigenvalue weighted by atomic mass is 19.4. The Hall–Kier alpha value is -1.80. The Bertz CT molecular complexity index is 665. The first-order chi connectivity index (χ1) is 12.6. The zero-order chi connectivity index (χ0) is 19.8. The molecule has 2 aliphatic rings. The molecule has 0 saturated carbocycles. The molecule has 3 rings (SSSR count). The van der Waals surface area contributed by atoms with E-state index in [9.17, 15) is 23.1 Å². The van der Waals surface area contributed by atoms with Gasteiger partial charge in [-0.05, 0) is 57.4 Å². The SMILES string of the molecule is CN1C2CCC1CC(OC(=O)C(C)(CO)c1ccc(OC(F)(F)F)cc1)C2. The zero-order valence-corrected chi connectivity index (χ0v) is 15.3. The van der Waals surface area contributed by atoms with E-state index in [0.717, 1.165) is 37.8 Å². The Morgan fingerprint density at radius 2 is 1.74 bits per heavy atom. The molecule has 5 nitrogen and oxygen atoms in total. The van der Waals surface area contributed by atoms with Gasteiger partial charge in [0.15, 0.2) is 0 Å². The summed E-state index contributed by atoms with van der Waals surface area (Å²) < 4.78 is 46.4. The molecule has 1 aromatic carbocycles. The van der Waals surface area contributed by atoms with E-state index in [1.807, 2.05) is 0 Å². The van der Waals surface area contributed by atoms with E-state index in [4.69, 9.17) is 4.74 Å². The molecule has 0 spiro atoms. The first-order valence-corrected chi connectivity index (χ1v) is 9.02. The minimum atomic E-state index is -4.78. The normalized spacial score (nSPS) is 27.9. The van der Waals surface area contributed by atoms with E-state index in [2.05, 4.69) is 16.7 Å². The van der Waals surface area contributed by atoms with Crippen molar-refractivity contribution in [3.63, 3.8) is 0 Å². The van der Waals surface area contributed by atoms with Crippen LogP contribution < -0.4 is 4.74 Å². The van der Waals surface area contributed by atoms with Crippen LogP contribution in [0, 0.1) is 0 Å². The number of ether oxygens (including phenoxy) is 2. The van der Waals surface area contributed by atoms with Crippen molar-refractivity contribution < 1.29 is 32.5 Å². The van der Waals surface area contributed by atoms with E-state index in [1.54, 1.807) is 0 Å². The van der Waals surface area contributed by atoms with Crippen LogP contribution in [0.25, 0.3) is 0 Å². The minimum absolute atomic E-state index is 0.204. The van der Waals surface area contributed by atoms with Crippen molar-refractivity contribution in [3.8, 4) is 5.75 Å². The van der Waals surface area contributed by atoms with Gasteiger partial charge in [0.1, 0.15) is 17.3 Å². The second-order valence-corrected chi connectivity index (χ2v) is 7.61. The van der Waals surface area contributed by atoms with Crippen LogP contribution in [-0.2, 0) is 14.9 Å². The van der Waals surface area contributed by atoms with Crippen molar-refractivity contribution in [3.05, 3.63) is 29.8 Å². The molecule has 0 aromatic heterocycles. The van der Waals surface area contributed by atoms with Gasteiger partial charge in [-0.1, -0.05) is 12.1 Å². The second kappa shape index (κ2) is 7.31. The van der Waals surface area contributed by atoms with Crippen LogP contribution >= 0.6 is 0 Å². The van der Waals surface area contributed by atoms with Crippen molar-refractivity contribution >= 4 is 5.97 Å². The summed E-state index contributed by atoms with van der Waals surface area (Å²) in [5.41, 5.74) is -0.973. The molecule has 0 radical (unpaired) electrons. The molecule has 150 valence electrons. The van der Waals surface area contributed by atoms with Crippen LogP contribution in [0.4, 0.5) is 13.2 Å². The van der Waals surface area contributed by atoms with Gasteiger partial charge in [0.25, 0.3) is 0 Å². The number of aliphatic hydroxyl groups excluding tert-OH is 1. The van der Waals surface area contributed by atoms with Gasteiger partial charge in [0.05, 0.1) is 6.61 Å². The maximum atomic E-state index is 12.8. The Morgan fingerprint density at radius 3 is 2.22 bits per heavy atom. The number of esters is 1. The van der Waals surface area contributed by atoms with Crippen LogP contribution in [0.2, 0.25) is 0 Å². The number of hydrogen-bond acceptors (Lipinski definition) is 5. The molecule has 0 amide bonds. The Kier molecular flexibility index (Phi) is 5.40. The number of hydrogen-bond donors (Lipinski definition) is 1. The molecule has 8 heteroatoms. The lowest BCUT2D eigenvalue weighted by atomic mass is 9.83. The smallest absolute Gasteiger partial charge is 0.462 e. The lowest BCUT2D eigenvalue weighted by molar-refractivity contribution is -0.274. The highest BCUT2D eigenvalue weighted by Gasteiger charge is 2.43. The number of rotatable bonds is 5. The molecule has 2 bridgehead atoms. The third-order valence-electron chi connectivity index (χ3n) is 5.82. The van der Waals surface area contributed by atoms with Crippen molar-refractivity contribution in [1.82, 2.24) is 4.90 Å². The molecule has 1 N–H and O–H groups in total. The van der Waals surface area contributed by atoms with E-state index >= 15 is 0 Å². The molecular formula is C19H24F3NO4. The number of nitrogens with zero attached hydrogens (tertiary/aromatic N) is 1. The Morgan fingerprint density at radius 1 is 1.19 bits per heavy atom. The monoisotopic (exact) mass is 387 g/mol. The maximum absolute atomic E-state index is 12.8. The average Bonchev–Trinajstić information content (AvgIpc) is 2.81. The summed E-state index contributed by atoms with van der Waals surface area (Å²) in [5.74, 6) is -0.949. The molecule has 2 saturated heterocycles. The van der Waals surface area contributed by atoms with Crippen LogP contribution in [-0.4, -0.2) is 54.2 Å². The third-order valence-corrected chi connectivity index (χ3v) is 5.82. The fourth-order valence-corrected chi connectivity index (χ4v) is 4.04. The number of piperidine rings is 1. The van der Waals surface area contributed by atoms with Gasteiger partial charge >= 0.3 is 12.3 Å². The van der Waals surface area contributed by atoms with Crippen molar-refractivity contribution in [2.24, 2.45) is 0 Å². The molecule has 3 atom stereocenters. The van der Waals surface area contributed by atoms with E-state index < -0.39 is 24.4 Å². The quantitative estimate of drug-likeness (QED) is 0.788. The molecule has 2 aliphatic heterocycles. The number of fused-ring (bicyclic) bond motifs is 2. The van der Waals surface area contributed by atoms with Gasteiger partial charge < -0.3 is 19.5 Å². The standard InChI is InChI=1S/C19H24F3NO4/c1-18(11-24,12-3-7-15(8-4-12)27-19(20,21)22)17(25)26-16-9-13-5-6-14(10-16)23(13)2/h3-4,7-8,13-14,16,24H,5-6,9-11H2,1-2H3. The first kappa shape index (κ1) is 19.9. The molecule has 2 fully saturated rings. The molecular weight excluding hydrogens is 363 g/mol. The highest BCUT2D eigenvalue weighted by molar-refractivity contribution is 5.83. The number of carbonyl (C=O) groups is 1. The maximum Gasteiger partial charge on any atom is 0.573 e. The molecule has 1 aromatic rings. The van der Waals surface area contributed by atoms with Crippen LogP contribution in [0.5, 0.6) is 5.75 Å². The van der Waals surface area contributed by atoms with Gasteiger partial charge in [-0.2, -0.15) is 0 Å². The summed E-state index contributed by atoms with van der Waals surface area (Å²) in [5, 5.41) is 9.83. The summed E-state index contributed by atoms with van der Waals surface area (Å²) in [6, 6.07) is 5.74. The fourth-order valence-electron chi connectivity index (χ4n) is 4.04. The van der Waals surface area contributed by atoms with E-state index in [1.165, 1.54) is 19.1 Å². The summed E-state index contributed by atoms with van der Waals surface area (Å²) in [6.45, 7) is 1.02. The predicted molar refractivity (Wildman–Crippen MR) is 91.2 cm³/mol. The van der Waals surface area contributed by atoms with E-state index in [-0.39, 0.29) is 11.9 Å². The predicted octanol–water partition coefficient (Wildman–Crippen LogP) is 3.00. The number of benzene rings is 1. The zero-order valence-electron chi connectivity index (χ0n) is 15.3. The summed E-state index contributed by atoms with van der Waals surface area (Å²) in [6.07, 6.45) is -1.28. The Balaban J connectivity index is 1.69. The second-order valence-electron chi connectivity index (χ2n) is 7.61. The molecule has 3 unspecified atom stereocenters. The van der Waals surface area contributed by atoms with Gasteiger partial charge in [0, 0.05) is 12.1 Å². The van der Waals surface area contributed by atoms with E-state index in [0.29, 0.717) is 17.6 Å². The summed E-state index contributed by atoms with van der Waals surface area (Å²) >= 11 is 0. The number of alkyl halides is 3. The van der Waals surface area contributed by atoms with Crippen LogP contribution in [0.3, 0.4) is 0 Å². The van der Waals surface area contributed by atoms with Crippen molar-refractivity contribution in [1.29, 1.82) is 0 Å². The third kappa shape index (κ3) is 4.21. The van der Waals surface area contributed by atoms with Crippen molar-refractivity contribution in [2.45, 2.75) is 62.6 Å². The number of aliphatic hydroxyl groups is 1. The number of carbonyl (C=O) groups excluding carboxylic acids is 1. The average molecular weight is 387 g/mol. The largest absolute Gasteiger partial charge is 0.573 e. The van der Waals surface area contributed by atoms with Gasteiger partial charge in [0.2, 0.25) is 0 Å². The lowest BCUT2D eigenvalue weighted by Gasteiger charge is -2.37. The fraction of sp³-hybridized carbons (Fsp3) is 0.632. The number of halogens is 3. The van der Waals surface area contributed by atoms with Crippen LogP contribution in [0.15, 0.2) is 24.3 Å². The topological polar surface area (TPSA) is 59.0 Å². The Labute approximate surface area is 156 Å². The first-order valence-electron chi connectivity index (χ1n) is 9.02. The van der Waals surface area contributed by atoms with Gasteiger partial charge in [-0.3, -0.25) is 4.79 Å².